The summed E-state index contributed by atoms with van der Waals surface area (Å²) >= 11 is 4.89. The topological polar surface area (TPSA) is 77.8 Å². The molecule has 0 aliphatic heterocycles. The Morgan fingerprint density at radius 2 is 2.21 bits per heavy atom. The molecule has 0 unspecified atom stereocenters. The third kappa shape index (κ3) is 2.58. The maximum atomic E-state index is 5.53. The van der Waals surface area contributed by atoms with Crippen LogP contribution in [0.4, 0.5) is 0 Å². The Bertz CT molecular complexity index is 709. The summed E-state index contributed by atoms with van der Waals surface area (Å²) in [6, 6.07) is 7.72. The first-order valence-corrected chi connectivity index (χ1v) is 7.18. The number of hydrogen-bond donors (Lipinski definition) is 1. The Hall–Kier alpha value is -1.57. The van der Waals surface area contributed by atoms with Gasteiger partial charge in [-0.15, -0.1) is 11.3 Å². The van der Waals surface area contributed by atoms with Crippen LogP contribution >= 0.6 is 27.3 Å². The van der Waals surface area contributed by atoms with Crippen molar-refractivity contribution < 1.29 is 4.52 Å². The van der Waals surface area contributed by atoms with Gasteiger partial charge in [0.2, 0.25) is 5.82 Å². The van der Waals surface area contributed by atoms with Crippen LogP contribution < -0.4 is 5.73 Å². The summed E-state index contributed by atoms with van der Waals surface area (Å²) in [6.07, 6.45) is 0. The van der Waals surface area contributed by atoms with E-state index in [-0.39, 0.29) is 0 Å². The van der Waals surface area contributed by atoms with Crippen molar-refractivity contribution in [1.82, 2.24) is 15.1 Å². The third-order valence-corrected chi connectivity index (χ3v) is 3.82. The molecule has 0 bridgehead atoms. The molecule has 5 nitrogen and oxygen atoms in total. The van der Waals surface area contributed by atoms with Crippen LogP contribution in [0.2, 0.25) is 0 Å². The Morgan fingerprint density at radius 3 is 2.95 bits per heavy atom. The van der Waals surface area contributed by atoms with Gasteiger partial charge in [0.05, 0.1) is 0 Å². The lowest BCUT2D eigenvalue weighted by Gasteiger charge is -1.93. The van der Waals surface area contributed by atoms with Crippen LogP contribution in [0.3, 0.4) is 0 Å². The fourth-order valence-electron chi connectivity index (χ4n) is 1.58. The molecule has 96 valence electrons. The van der Waals surface area contributed by atoms with Crippen molar-refractivity contribution in [2.45, 2.75) is 6.54 Å². The number of nitrogens with zero attached hydrogens (tertiary/aromatic N) is 3. The number of rotatable bonds is 3. The van der Waals surface area contributed by atoms with Crippen LogP contribution in [-0.2, 0) is 6.54 Å². The van der Waals surface area contributed by atoms with Crippen molar-refractivity contribution >= 4 is 27.3 Å². The summed E-state index contributed by atoms with van der Waals surface area (Å²) in [5.74, 6) is 0.949. The molecule has 2 aromatic heterocycles. The molecule has 0 aliphatic rings. The average molecular weight is 337 g/mol. The highest BCUT2D eigenvalue weighted by atomic mass is 79.9. The summed E-state index contributed by atoms with van der Waals surface area (Å²) < 4.78 is 6.20. The molecule has 0 amide bonds. The quantitative estimate of drug-likeness (QED) is 0.795. The maximum absolute atomic E-state index is 5.53. The van der Waals surface area contributed by atoms with Crippen molar-refractivity contribution in [3.8, 4) is 23.0 Å². The Balaban J connectivity index is 1.95. The zero-order valence-electron chi connectivity index (χ0n) is 9.71. The van der Waals surface area contributed by atoms with Gasteiger partial charge in [0.25, 0.3) is 5.89 Å². The first-order chi connectivity index (χ1) is 9.26. The predicted molar refractivity (Wildman–Crippen MR) is 76.4 cm³/mol. The average Bonchev–Trinajstić information content (AvgIpc) is 3.07. The lowest BCUT2D eigenvalue weighted by molar-refractivity contribution is 0.431. The van der Waals surface area contributed by atoms with Crippen molar-refractivity contribution in [3.05, 3.63) is 39.1 Å². The summed E-state index contributed by atoms with van der Waals surface area (Å²) in [5.41, 5.74) is 7.08. The SMILES string of the molecule is NCc1nc(-c2nc(-c3cccc(Br)c3)no2)cs1. The molecule has 1 aromatic carbocycles. The third-order valence-electron chi connectivity index (χ3n) is 2.45. The Labute approximate surface area is 121 Å². The monoisotopic (exact) mass is 336 g/mol. The van der Waals surface area contributed by atoms with Crippen LogP contribution in [0.5, 0.6) is 0 Å². The number of aromatic nitrogens is 3. The van der Waals surface area contributed by atoms with Crippen LogP contribution in [0, 0.1) is 0 Å². The van der Waals surface area contributed by atoms with Crippen LogP contribution in [-0.4, -0.2) is 15.1 Å². The number of nitrogens with two attached hydrogens (primary N) is 1. The minimum atomic E-state index is 0.408. The summed E-state index contributed by atoms with van der Waals surface area (Å²) in [7, 11) is 0. The molecule has 0 atom stereocenters. The number of hydrogen-bond acceptors (Lipinski definition) is 6. The zero-order valence-corrected chi connectivity index (χ0v) is 12.1. The number of thiazole rings is 1. The number of halogens is 1. The van der Waals surface area contributed by atoms with Crippen LogP contribution in [0.1, 0.15) is 5.01 Å². The highest BCUT2D eigenvalue weighted by Crippen LogP contribution is 2.25. The second-order valence-electron chi connectivity index (χ2n) is 3.76. The fraction of sp³-hybridized carbons (Fsp3) is 0.0833. The van der Waals surface area contributed by atoms with E-state index in [0.29, 0.717) is 24.0 Å². The van der Waals surface area contributed by atoms with E-state index in [0.717, 1.165) is 15.0 Å². The van der Waals surface area contributed by atoms with Gasteiger partial charge in [0.1, 0.15) is 10.7 Å². The molecule has 3 aromatic rings. The normalized spacial score (nSPS) is 10.8. The highest BCUT2D eigenvalue weighted by molar-refractivity contribution is 9.10. The van der Waals surface area contributed by atoms with Gasteiger partial charge >= 0.3 is 0 Å². The Morgan fingerprint density at radius 1 is 1.32 bits per heavy atom. The zero-order chi connectivity index (χ0) is 13.2. The largest absolute Gasteiger partial charge is 0.332 e. The molecule has 0 saturated carbocycles. The summed E-state index contributed by atoms with van der Waals surface area (Å²) in [4.78, 5) is 8.66. The standard InChI is InChI=1S/C12H9BrN4OS/c13-8-3-1-2-7(4-8)11-16-12(18-17-11)9-6-19-10(5-14)15-9/h1-4,6H,5,14H2. The molecule has 0 aliphatic carbocycles. The highest BCUT2D eigenvalue weighted by Gasteiger charge is 2.13. The second-order valence-corrected chi connectivity index (χ2v) is 5.62. The van der Waals surface area contributed by atoms with E-state index in [2.05, 4.69) is 31.1 Å². The summed E-state index contributed by atoms with van der Waals surface area (Å²) in [5, 5.41) is 6.67. The molecule has 0 saturated heterocycles. The van der Waals surface area contributed by atoms with Crippen molar-refractivity contribution in [1.29, 1.82) is 0 Å². The molecule has 7 heteroatoms. The van der Waals surface area contributed by atoms with E-state index >= 15 is 0 Å². The lowest BCUT2D eigenvalue weighted by Crippen LogP contribution is -1.94. The van der Waals surface area contributed by atoms with Gasteiger partial charge < -0.3 is 10.3 Å². The molecule has 2 heterocycles. The smallest absolute Gasteiger partial charge is 0.277 e. The summed E-state index contributed by atoms with van der Waals surface area (Å²) in [6.45, 7) is 0.414. The van der Waals surface area contributed by atoms with Gasteiger partial charge in [-0.3, -0.25) is 0 Å². The molecular weight excluding hydrogens is 328 g/mol. The molecule has 0 fully saturated rings. The van der Waals surface area contributed by atoms with E-state index in [1.807, 2.05) is 29.6 Å². The van der Waals surface area contributed by atoms with Gasteiger partial charge in [-0.1, -0.05) is 33.2 Å². The van der Waals surface area contributed by atoms with E-state index in [9.17, 15) is 0 Å². The lowest BCUT2D eigenvalue weighted by atomic mass is 10.2. The minimum Gasteiger partial charge on any atom is -0.332 e. The Kier molecular flexibility index (Phi) is 3.41. The van der Waals surface area contributed by atoms with E-state index in [1.54, 1.807) is 0 Å². The predicted octanol–water partition coefficient (Wildman–Crippen LogP) is 3.08. The molecule has 2 N–H and O–H groups in total. The van der Waals surface area contributed by atoms with Crippen molar-refractivity contribution in [2.24, 2.45) is 5.73 Å². The molecule has 0 spiro atoms. The van der Waals surface area contributed by atoms with Gasteiger partial charge in [-0.25, -0.2) is 4.98 Å². The van der Waals surface area contributed by atoms with Crippen LogP contribution in [0.15, 0.2) is 38.6 Å². The first-order valence-electron chi connectivity index (χ1n) is 5.51. The first kappa shape index (κ1) is 12.5. The number of benzene rings is 1. The van der Waals surface area contributed by atoms with Gasteiger partial charge in [-0.2, -0.15) is 4.98 Å². The van der Waals surface area contributed by atoms with E-state index in [4.69, 9.17) is 10.3 Å². The van der Waals surface area contributed by atoms with Gasteiger partial charge in [0, 0.05) is 22.0 Å². The molecule has 0 radical (unpaired) electrons. The van der Waals surface area contributed by atoms with E-state index in [1.165, 1.54) is 11.3 Å². The van der Waals surface area contributed by atoms with Crippen molar-refractivity contribution in [2.75, 3.05) is 0 Å². The second kappa shape index (κ2) is 5.20. The fourth-order valence-corrected chi connectivity index (χ4v) is 2.62. The molecule has 19 heavy (non-hydrogen) atoms. The minimum absolute atomic E-state index is 0.408. The molecular formula is C12H9BrN4OS. The molecule has 3 rings (SSSR count). The van der Waals surface area contributed by atoms with Crippen molar-refractivity contribution in [3.63, 3.8) is 0 Å². The van der Waals surface area contributed by atoms with Crippen LogP contribution in [0.25, 0.3) is 23.0 Å². The van der Waals surface area contributed by atoms with Gasteiger partial charge in [-0.05, 0) is 12.1 Å². The van der Waals surface area contributed by atoms with E-state index < -0.39 is 0 Å². The maximum Gasteiger partial charge on any atom is 0.277 e. The van der Waals surface area contributed by atoms with Gasteiger partial charge in [0.15, 0.2) is 0 Å².